The predicted molar refractivity (Wildman–Crippen MR) is 64.2 cm³/mol. The molecule has 0 amide bonds. The number of hydrogen-bond donors (Lipinski definition) is 0. The largest absolute Gasteiger partial charge is 0.490 e. The molecule has 1 heteroatoms. The summed E-state index contributed by atoms with van der Waals surface area (Å²) in [6.45, 7) is 8.08. The highest BCUT2D eigenvalue weighted by Gasteiger charge is 2.04. The van der Waals surface area contributed by atoms with Gasteiger partial charge in [-0.2, -0.15) is 0 Å². The van der Waals surface area contributed by atoms with Gasteiger partial charge in [0.15, 0.2) is 0 Å². The maximum atomic E-state index is 5.75. The lowest BCUT2D eigenvalue weighted by Gasteiger charge is -2.13. The summed E-state index contributed by atoms with van der Waals surface area (Å²) in [5, 5.41) is 2.30. The van der Waals surface area contributed by atoms with E-state index in [1.54, 1.807) is 0 Å². The van der Waals surface area contributed by atoms with Gasteiger partial charge < -0.3 is 4.74 Å². The van der Waals surface area contributed by atoms with Gasteiger partial charge in [0.25, 0.3) is 0 Å². The summed E-state index contributed by atoms with van der Waals surface area (Å²) in [6, 6.07) is 12.2. The van der Waals surface area contributed by atoms with Gasteiger partial charge in [-0.3, -0.25) is 0 Å². The predicted octanol–water partition coefficient (Wildman–Crippen LogP) is 3.81. The van der Waals surface area contributed by atoms with Gasteiger partial charge in [0.1, 0.15) is 5.75 Å². The topological polar surface area (TPSA) is 9.23 Å². The van der Waals surface area contributed by atoms with Crippen molar-refractivity contribution in [3.05, 3.63) is 48.9 Å². The quantitative estimate of drug-likeness (QED) is 0.714. The van der Waals surface area contributed by atoms with Crippen molar-refractivity contribution in [1.82, 2.24) is 0 Å². The van der Waals surface area contributed by atoms with Crippen LogP contribution in [0.25, 0.3) is 10.8 Å². The van der Waals surface area contributed by atoms with Crippen LogP contribution in [-0.2, 0) is 0 Å². The van der Waals surface area contributed by atoms with E-state index in [0.717, 1.165) is 22.1 Å². The van der Waals surface area contributed by atoms with E-state index in [-0.39, 0.29) is 6.10 Å². The lowest BCUT2D eigenvalue weighted by molar-refractivity contribution is 0.245. The van der Waals surface area contributed by atoms with Crippen molar-refractivity contribution in [2.45, 2.75) is 20.0 Å². The highest BCUT2D eigenvalue weighted by atomic mass is 16.5. The number of rotatable bonds is 2. The first-order valence-electron chi connectivity index (χ1n) is 5.19. The molecule has 2 aromatic carbocycles. The van der Waals surface area contributed by atoms with E-state index in [1.807, 2.05) is 38.1 Å². The molecule has 0 N–H and O–H groups in total. The van der Waals surface area contributed by atoms with E-state index in [4.69, 9.17) is 4.74 Å². The molecule has 0 bridgehead atoms. The summed E-state index contributed by atoms with van der Waals surface area (Å²) >= 11 is 0. The minimum atomic E-state index is 0.198. The fourth-order valence-corrected chi connectivity index (χ4v) is 1.69. The maximum Gasteiger partial charge on any atom is 0.127 e. The Kier molecular flexibility index (Phi) is 2.63. The molecule has 1 nitrogen and oxygen atoms in total. The third-order valence-electron chi connectivity index (χ3n) is 2.34. The van der Waals surface area contributed by atoms with Gasteiger partial charge in [-0.15, -0.1) is 0 Å². The second-order valence-electron chi connectivity index (χ2n) is 3.94. The number of fused-ring (bicyclic) bond motifs is 1. The molecule has 77 valence electrons. The second-order valence-corrected chi connectivity index (χ2v) is 3.94. The van der Waals surface area contributed by atoms with Crippen molar-refractivity contribution in [1.29, 1.82) is 0 Å². The van der Waals surface area contributed by atoms with E-state index >= 15 is 0 Å². The zero-order valence-corrected chi connectivity index (χ0v) is 9.16. The second kappa shape index (κ2) is 3.93. The first-order valence-corrected chi connectivity index (χ1v) is 5.19. The summed E-state index contributed by atoms with van der Waals surface area (Å²) in [6.07, 6.45) is 0.198. The average molecular weight is 199 g/mol. The lowest BCUT2D eigenvalue weighted by atomic mass is 10.0. The van der Waals surface area contributed by atoms with Gasteiger partial charge in [0, 0.05) is 5.39 Å². The van der Waals surface area contributed by atoms with Gasteiger partial charge in [-0.05, 0) is 37.8 Å². The molecule has 15 heavy (non-hydrogen) atoms. The monoisotopic (exact) mass is 199 g/mol. The van der Waals surface area contributed by atoms with Crippen LogP contribution >= 0.6 is 0 Å². The van der Waals surface area contributed by atoms with Crippen molar-refractivity contribution in [3.8, 4) is 5.75 Å². The molecule has 2 aromatic rings. The average Bonchev–Trinajstić information content (AvgIpc) is 2.22. The van der Waals surface area contributed by atoms with Crippen LogP contribution in [0.5, 0.6) is 5.75 Å². The molecular weight excluding hydrogens is 184 g/mol. The SMILES string of the molecule is [CH2]c1ccc(OC(C)C)c2ccccc12. The Balaban J connectivity index is 2.61. The third kappa shape index (κ3) is 1.96. The van der Waals surface area contributed by atoms with Gasteiger partial charge in [0.2, 0.25) is 0 Å². The summed E-state index contributed by atoms with van der Waals surface area (Å²) < 4.78 is 5.75. The molecule has 0 aromatic heterocycles. The van der Waals surface area contributed by atoms with Crippen LogP contribution < -0.4 is 4.74 Å². The van der Waals surface area contributed by atoms with Crippen molar-refractivity contribution < 1.29 is 4.74 Å². The Morgan fingerprint density at radius 1 is 1.00 bits per heavy atom. The molecular formula is C14H15O. The fourth-order valence-electron chi connectivity index (χ4n) is 1.69. The smallest absolute Gasteiger partial charge is 0.127 e. The van der Waals surface area contributed by atoms with E-state index in [9.17, 15) is 0 Å². The van der Waals surface area contributed by atoms with Gasteiger partial charge in [-0.25, -0.2) is 0 Å². The van der Waals surface area contributed by atoms with Crippen LogP contribution in [0.4, 0.5) is 0 Å². The Morgan fingerprint density at radius 3 is 2.33 bits per heavy atom. The van der Waals surface area contributed by atoms with Crippen molar-refractivity contribution >= 4 is 10.8 Å². The van der Waals surface area contributed by atoms with Crippen LogP contribution in [0.1, 0.15) is 19.4 Å². The molecule has 0 spiro atoms. The van der Waals surface area contributed by atoms with E-state index in [1.165, 1.54) is 0 Å². The Bertz CT molecular complexity index is 472. The number of hydrogen-bond acceptors (Lipinski definition) is 1. The molecule has 2 rings (SSSR count). The number of ether oxygens (including phenoxy) is 1. The molecule has 0 saturated carbocycles. The normalized spacial score (nSPS) is 10.9. The van der Waals surface area contributed by atoms with Crippen molar-refractivity contribution in [2.24, 2.45) is 0 Å². The fraction of sp³-hybridized carbons (Fsp3) is 0.214. The summed E-state index contributed by atoms with van der Waals surface area (Å²) in [7, 11) is 0. The standard InChI is InChI=1S/C14H15O/c1-10(2)15-14-9-8-11(3)12-6-4-5-7-13(12)14/h4-10H,3H2,1-2H3. The van der Waals surface area contributed by atoms with E-state index in [2.05, 4.69) is 19.1 Å². The zero-order valence-electron chi connectivity index (χ0n) is 9.16. The Labute approximate surface area is 90.7 Å². The first-order chi connectivity index (χ1) is 7.18. The van der Waals surface area contributed by atoms with Crippen molar-refractivity contribution in [2.75, 3.05) is 0 Å². The van der Waals surface area contributed by atoms with E-state index < -0.39 is 0 Å². The van der Waals surface area contributed by atoms with Crippen LogP contribution in [0, 0.1) is 6.92 Å². The van der Waals surface area contributed by atoms with Crippen LogP contribution in [0.15, 0.2) is 36.4 Å². The Morgan fingerprint density at radius 2 is 1.67 bits per heavy atom. The number of benzene rings is 2. The minimum Gasteiger partial charge on any atom is -0.490 e. The van der Waals surface area contributed by atoms with Crippen LogP contribution in [-0.4, -0.2) is 6.10 Å². The van der Waals surface area contributed by atoms with Gasteiger partial charge in [-0.1, -0.05) is 30.3 Å². The maximum absolute atomic E-state index is 5.75. The summed E-state index contributed by atoms with van der Waals surface area (Å²) in [4.78, 5) is 0. The molecule has 0 aliphatic carbocycles. The lowest BCUT2D eigenvalue weighted by Crippen LogP contribution is -2.05. The third-order valence-corrected chi connectivity index (χ3v) is 2.34. The highest BCUT2D eigenvalue weighted by Crippen LogP contribution is 2.28. The molecule has 0 saturated heterocycles. The molecule has 0 aliphatic rings. The molecule has 0 fully saturated rings. The molecule has 0 unspecified atom stereocenters. The van der Waals surface area contributed by atoms with E-state index in [0.29, 0.717) is 0 Å². The first kappa shape index (κ1) is 10.0. The Hall–Kier alpha value is -1.50. The summed E-state index contributed by atoms with van der Waals surface area (Å²) in [5.74, 6) is 0.938. The molecule has 0 atom stereocenters. The molecule has 1 radical (unpaired) electrons. The minimum absolute atomic E-state index is 0.198. The van der Waals surface area contributed by atoms with Gasteiger partial charge in [0.05, 0.1) is 6.10 Å². The molecule has 0 heterocycles. The van der Waals surface area contributed by atoms with Gasteiger partial charge >= 0.3 is 0 Å². The van der Waals surface area contributed by atoms with Crippen LogP contribution in [0.2, 0.25) is 0 Å². The summed E-state index contributed by atoms with van der Waals surface area (Å²) in [5.41, 5.74) is 1.04. The van der Waals surface area contributed by atoms with Crippen molar-refractivity contribution in [3.63, 3.8) is 0 Å². The van der Waals surface area contributed by atoms with Crippen LogP contribution in [0.3, 0.4) is 0 Å². The molecule has 0 aliphatic heterocycles. The zero-order chi connectivity index (χ0) is 10.8. The highest BCUT2D eigenvalue weighted by molar-refractivity contribution is 5.91.